The van der Waals surface area contributed by atoms with Gasteiger partial charge < -0.3 is 0 Å². The molecule has 0 unspecified atom stereocenters. The third-order valence-electron chi connectivity index (χ3n) is 1.73. The molecule has 4 nitrogen and oxygen atoms in total. The van der Waals surface area contributed by atoms with E-state index in [4.69, 9.17) is 5.26 Å². The number of rotatable bonds is 4. The second kappa shape index (κ2) is 5.01. The molecule has 0 atom stereocenters. The van der Waals surface area contributed by atoms with E-state index in [9.17, 15) is 17.2 Å². The number of hydrogen-bond acceptors (Lipinski definition) is 3. The van der Waals surface area contributed by atoms with Crippen LogP contribution in [0.1, 0.15) is 6.42 Å². The summed E-state index contributed by atoms with van der Waals surface area (Å²) in [4.78, 5) is -0.371. The van der Waals surface area contributed by atoms with Gasteiger partial charge in [0.05, 0.1) is 11.0 Å². The summed E-state index contributed by atoms with van der Waals surface area (Å²) in [6.45, 7) is -0.0716. The smallest absolute Gasteiger partial charge is 0.210 e. The zero-order valence-electron chi connectivity index (χ0n) is 8.07. The van der Waals surface area contributed by atoms with Gasteiger partial charge in [0.2, 0.25) is 10.0 Å². The number of nitriles is 1. The van der Waals surface area contributed by atoms with E-state index in [0.29, 0.717) is 6.07 Å². The van der Waals surface area contributed by atoms with Crippen LogP contribution in [-0.4, -0.2) is 15.0 Å². The molecule has 0 spiro atoms. The highest BCUT2D eigenvalue weighted by molar-refractivity contribution is 7.89. The van der Waals surface area contributed by atoms with Crippen LogP contribution in [0.3, 0.4) is 0 Å². The maximum Gasteiger partial charge on any atom is 0.240 e. The van der Waals surface area contributed by atoms with Gasteiger partial charge in [-0.05, 0) is 18.2 Å². The molecule has 0 fully saturated rings. The fraction of sp³-hybridized carbons (Fsp3) is 0.222. The molecule has 7 heteroatoms. The van der Waals surface area contributed by atoms with E-state index in [0.717, 1.165) is 12.1 Å². The molecule has 1 rings (SSSR count). The Morgan fingerprint density at radius 3 is 2.56 bits per heavy atom. The SMILES string of the molecule is N#CCCNS(=O)(=O)c1ccc(F)c(F)c1. The number of nitrogens with zero attached hydrogens (tertiary/aromatic N) is 1. The van der Waals surface area contributed by atoms with E-state index in [2.05, 4.69) is 4.72 Å². The molecule has 1 aromatic rings. The molecule has 0 saturated heterocycles. The van der Waals surface area contributed by atoms with Crippen molar-refractivity contribution in [3.05, 3.63) is 29.8 Å². The standard InChI is InChI=1S/C9H8F2N2O2S/c10-8-3-2-7(6-9(8)11)16(14,15)13-5-1-4-12/h2-3,6,13H,1,5H2. The van der Waals surface area contributed by atoms with Crippen LogP contribution in [0.15, 0.2) is 23.1 Å². The molecule has 1 aromatic carbocycles. The van der Waals surface area contributed by atoms with Crippen molar-refractivity contribution in [3.8, 4) is 6.07 Å². The van der Waals surface area contributed by atoms with Crippen molar-refractivity contribution in [2.75, 3.05) is 6.54 Å². The third-order valence-corrected chi connectivity index (χ3v) is 3.19. The number of hydrogen-bond donors (Lipinski definition) is 1. The van der Waals surface area contributed by atoms with Crippen molar-refractivity contribution in [2.45, 2.75) is 11.3 Å². The van der Waals surface area contributed by atoms with Gasteiger partial charge in [0, 0.05) is 13.0 Å². The van der Waals surface area contributed by atoms with Crippen LogP contribution in [0, 0.1) is 23.0 Å². The molecule has 0 amide bonds. The van der Waals surface area contributed by atoms with Crippen molar-refractivity contribution >= 4 is 10.0 Å². The summed E-state index contributed by atoms with van der Waals surface area (Å²) in [5.41, 5.74) is 0. The average molecular weight is 246 g/mol. The molecular weight excluding hydrogens is 238 g/mol. The Kier molecular flexibility index (Phi) is 3.93. The lowest BCUT2D eigenvalue weighted by atomic mass is 10.3. The molecule has 0 radical (unpaired) electrons. The van der Waals surface area contributed by atoms with Crippen LogP contribution < -0.4 is 4.72 Å². The predicted octanol–water partition coefficient (Wildman–Crippen LogP) is 1.16. The van der Waals surface area contributed by atoms with Gasteiger partial charge in [0.1, 0.15) is 0 Å². The Labute approximate surface area is 91.6 Å². The molecule has 0 aliphatic carbocycles. The first-order valence-electron chi connectivity index (χ1n) is 4.29. The summed E-state index contributed by atoms with van der Waals surface area (Å²) >= 11 is 0. The van der Waals surface area contributed by atoms with E-state index >= 15 is 0 Å². The summed E-state index contributed by atoms with van der Waals surface area (Å²) in [5, 5.41) is 8.22. The zero-order chi connectivity index (χ0) is 12.2. The lowest BCUT2D eigenvalue weighted by Gasteiger charge is -2.04. The molecular formula is C9H8F2N2O2S. The molecule has 1 N–H and O–H groups in total. The maximum atomic E-state index is 12.8. The minimum absolute atomic E-state index is 0.00288. The van der Waals surface area contributed by atoms with Crippen molar-refractivity contribution in [1.82, 2.24) is 4.72 Å². The number of benzene rings is 1. The molecule has 0 aliphatic heterocycles. The van der Waals surface area contributed by atoms with Crippen molar-refractivity contribution in [2.24, 2.45) is 0 Å². The lowest BCUT2D eigenvalue weighted by Crippen LogP contribution is -2.24. The maximum absolute atomic E-state index is 12.8. The lowest BCUT2D eigenvalue weighted by molar-refractivity contribution is 0.504. The van der Waals surface area contributed by atoms with E-state index < -0.39 is 21.7 Å². The quantitative estimate of drug-likeness (QED) is 0.810. The number of nitrogens with one attached hydrogen (secondary N) is 1. The van der Waals surface area contributed by atoms with Crippen LogP contribution in [0.5, 0.6) is 0 Å². The van der Waals surface area contributed by atoms with E-state index in [1.54, 1.807) is 6.07 Å². The Bertz CT molecular complexity index is 523. The second-order valence-electron chi connectivity index (χ2n) is 2.88. The fourth-order valence-electron chi connectivity index (χ4n) is 0.969. The minimum atomic E-state index is -3.88. The Morgan fingerprint density at radius 1 is 1.31 bits per heavy atom. The zero-order valence-corrected chi connectivity index (χ0v) is 8.89. The number of halogens is 2. The molecule has 86 valence electrons. The predicted molar refractivity (Wildman–Crippen MR) is 51.8 cm³/mol. The van der Waals surface area contributed by atoms with Crippen LogP contribution in [0.4, 0.5) is 8.78 Å². The van der Waals surface area contributed by atoms with Gasteiger partial charge in [-0.3, -0.25) is 0 Å². The van der Waals surface area contributed by atoms with Gasteiger partial charge >= 0.3 is 0 Å². The second-order valence-corrected chi connectivity index (χ2v) is 4.65. The van der Waals surface area contributed by atoms with Gasteiger partial charge in [0.15, 0.2) is 11.6 Å². The first-order valence-corrected chi connectivity index (χ1v) is 5.77. The Morgan fingerprint density at radius 2 is 2.00 bits per heavy atom. The highest BCUT2D eigenvalue weighted by Gasteiger charge is 2.15. The summed E-state index contributed by atoms with van der Waals surface area (Å²) < 4.78 is 50.3. The first-order chi connectivity index (χ1) is 7.47. The van der Waals surface area contributed by atoms with E-state index in [-0.39, 0.29) is 17.9 Å². The normalized spacial score (nSPS) is 11.1. The number of sulfonamides is 1. The van der Waals surface area contributed by atoms with Gasteiger partial charge in [-0.2, -0.15) is 5.26 Å². The highest BCUT2D eigenvalue weighted by Crippen LogP contribution is 2.13. The van der Waals surface area contributed by atoms with Gasteiger partial charge in [-0.1, -0.05) is 0 Å². The van der Waals surface area contributed by atoms with Gasteiger partial charge in [-0.25, -0.2) is 21.9 Å². The topological polar surface area (TPSA) is 70.0 Å². The van der Waals surface area contributed by atoms with Crippen LogP contribution in [0.25, 0.3) is 0 Å². The first kappa shape index (κ1) is 12.5. The Hall–Kier alpha value is -1.52. The minimum Gasteiger partial charge on any atom is -0.210 e. The van der Waals surface area contributed by atoms with Crippen molar-refractivity contribution < 1.29 is 17.2 Å². The molecule has 0 aliphatic rings. The van der Waals surface area contributed by atoms with Gasteiger partial charge in [-0.15, -0.1) is 0 Å². The molecule has 0 heterocycles. The van der Waals surface area contributed by atoms with Crippen molar-refractivity contribution in [1.29, 1.82) is 5.26 Å². The van der Waals surface area contributed by atoms with Crippen LogP contribution in [-0.2, 0) is 10.0 Å². The van der Waals surface area contributed by atoms with E-state index in [1.165, 1.54) is 0 Å². The summed E-state index contributed by atoms with van der Waals surface area (Å²) in [6.07, 6.45) is 0.00288. The summed E-state index contributed by atoms with van der Waals surface area (Å²) in [6, 6.07) is 4.02. The Balaban J connectivity index is 2.91. The molecule has 0 bridgehead atoms. The largest absolute Gasteiger partial charge is 0.240 e. The fourth-order valence-corrected chi connectivity index (χ4v) is 2.01. The van der Waals surface area contributed by atoms with Crippen molar-refractivity contribution in [3.63, 3.8) is 0 Å². The summed E-state index contributed by atoms with van der Waals surface area (Å²) in [5.74, 6) is -2.35. The molecule has 0 aromatic heterocycles. The summed E-state index contributed by atoms with van der Waals surface area (Å²) in [7, 11) is -3.88. The van der Waals surface area contributed by atoms with Gasteiger partial charge in [0.25, 0.3) is 0 Å². The third kappa shape index (κ3) is 2.98. The molecule has 0 saturated carbocycles. The highest BCUT2D eigenvalue weighted by atomic mass is 32.2. The van der Waals surface area contributed by atoms with Crippen LogP contribution >= 0.6 is 0 Å². The monoisotopic (exact) mass is 246 g/mol. The molecule has 16 heavy (non-hydrogen) atoms. The van der Waals surface area contributed by atoms with E-state index in [1.807, 2.05) is 0 Å². The van der Waals surface area contributed by atoms with Crippen LogP contribution in [0.2, 0.25) is 0 Å². The average Bonchev–Trinajstić information content (AvgIpc) is 2.22.